The Kier molecular flexibility index (Phi) is 7.27. The number of rotatable bonds is 8. The molecule has 184 valence electrons. The van der Waals surface area contributed by atoms with Crippen molar-refractivity contribution in [2.24, 2.45) is 0 Å². The zero-order chi connectivity index (χ0) is 24.3. The first-order valence-electron chi connectivity index (χ1n) is 11.4. The van der Waals surface area contributed by atoms with Gasteiger partial charge in [-0.3, -0.25) is 9.69 Å². The molecule has 1 aromatic carbocycles. The Morgan fingerprint density at radius 3 is 2.68 bits per heavy atom. The highest BCUT2D eigenvalue weighted by Crippen LogP contribution is 2.30. The number of ether oxygens (including phenoxy) is 2. The zero-order valence-electron chi connectivity index (χ0n) is 19.7. The normalized spacial score (nSPS) is 22.3. The maximum Gasteiger partial charge on any atom is 0.244 e. The molecule has 9 nitrogen and oxygen atoms in total. The molecule has 4 rings (SSSR count). The van der Waals surface area contributed by atoms with Gasteiger partial charge in [0.25, 0.3) is 0 Å². The molecule has 10 heteroatoms. The lowest BCUT2D eigenvalue weighted by atomic mass is 10.1. The Labute approximate surface area is 200 Å². The molecule has 2 fully saturated rings. The fourth-order valence-corrected chi connectivity index (χ4v) is 6.52. The molecule has 2 saturated heterocycles. The zero-order valence-corrected chi connectivity index (χ0v) is 20.6. The second-order valence-corrected chi connectivity index (χ2v) is 11.0. The molecule has 2 atom stereocenters. The number of carbonyl (C=O) groups is 1. The monoisotopic (exact) mass is 489 g/mol. The van der Waals surface area contributed by atoms with Crippen molar-refractivity contribution in [1.82, 2.24) is 15.4 Å². The van der Waals surface area contributed by atoms with Crippen molar-refractivity contribution in [2.75, 3.05) is 31.7 Å². The highest BCUT2D eigenvalue weighted by atomic mass is 32.2. The Morgan fingerprint density at radius 2 is 2.00 bits per heavy atom. The summed E-state index contributed by atoms with van der Waals surface area (Å²) in [5.41, 5.74) is 2.43. The number of amides is 1. The number of aryl methyl sites for hydroxylation is 2. The molecule has 0 saturated carbocycles. The van der Waals surface area contributed by atoms with Gasteiger partial charge in [-0.05, 0) is 63.6 Å². The van der Waals surface area contributed by atoms with Crippen LogP contribution >= 0.6 is 0 Å². The number of hydrogen-bond donors (Lipinski definition) is 1. The number of methoxy groups -OCH3 is 1. The van der Waals surface area contributed by atoms with Crippen LogP contribution in [0.3, 0.4) is 0 Å². The van der Waals surface area contributed by atoms with E-state index >= 15 is 0 Å². The molecular weight excluding hydrogens is 458 g/mol. The highest BCUT2D eigenvalue weighted by Gasteiger charge is 2.42. The van der Waals surface area contributed by atoms with E-state index in [1.807, 2.05) is 19.9 Å². The first kappa shape index (κ1) is 24.3. The third-order valence-electron chi connectivity index (χ3n) is 6.43. The van der Waals surface area contributed by atoms with Gasteiger partial charge in [-0.25, -0.2) is 8.42 Å². The maximum atomic E-state index is 12.6. The van der Waals surface area contributed by atoms with Crippen molar-refractivity contribution in [3.63, 3.8) is 0 Å². The van der Waals surface area contributed by atoms with E-state index in [4.69, 9.17) is 14.0 Å². The summed E-state index contributed by atoms with van der Waals surface area (Å²) >= 11 is 0. The van der Waals surface area contributed by atoms with E-state index in [-0.39, 0.29) is 23.5 Å². The molecular formula is C24H31N3O6S. The van der Waals surface area contributed by atoms with Gasteiger partial charge in [0.15, 0.2) is 21.3 Å². The van der Waals surface area contributed by atoms with E-state index in [1.54, 1.807) is 25.3 Å². The lowest BCUT2D eigenvalue weighted by molar-refractivity contribution is -0.117. The summed E-state index contributed by atoms with van der Waals surface area (Å²) in [5, 5.41) is 6.83. The highest BCUT2D eigenvalue weighted by molar-refractivity contribution is 7.91. The van der Waals surface area contributed by atoms with E-state index in [1.165, 1.54) is 6.08 Å². The number of nitrogens with one attached hydrogen (secondary N) is 1. The van der Waals surface area contributed by atoms with Crippen LogP contribution in [0.5, 0.6) is 11.5 Å². The minimum Gasteiger partial charge on any atom is -0.493 e. The van der Waals surface area contributed by atoms with Gasteiger partial charge in [0, 0.05) is 12.1 Å². The molecule has 1 amide bonds. The van der Waals surface area contributed by atoms with Crippen molar-refractivity contribution in [1.29, 1.82) is 0 Å². The van der Waals surface area contributed by atoms with Crippen LogP contribution in [0.2, 0.25) is 0 Å². The lowest BCUT2D eigenvalue weighted by Gasteiger charge is -2.28. The topological polar surface area (TPSA) is 111 Å². The molecule has 2 aliphatic heterocycles. The summed E-state index contributed by atoms with van der Waals surface area (Å²) in [6, 6.07) is 4.83. The van der Waals surface area contributed by atoms with Gasteiger partial charge in [-0.15, -0.1) is 0 Å². The average Bonchev–Trinajstić information content (AvgIpc) is 3.51. The third-order valence-corrected chi connectivity index (χ3v) is 8.14. The standard InChI is InChI=1S/C24H31N3O6S/c1-16-19(17(2)33-26-16)13-32-22-8-6-18(12-23(22)31-3)7-9-24(28)25-20-14-34(29,30)15-21(20)27-10-4-5-11-27/h6-9,12,20-21H,4-5,10-11,13-15H2,1-3H3,(H,25,28)/b9-7+. The Bertz CT molecular complexity index is 1150. The molecule has 2 unspecified atom stereocenters. The van der Waals surface area contributed by atoms with E-state index in [9.17, 15) is 13.2 Å². The largest absolute Gasteiger partial charge is 0.493 e. The van der Waals surface area contributed by atoms with Crippen LogP contribution in [0.1, 0.15) is 35.4 Å². The van der Waals surface area contributed by atoms with E-state index < -0.39 is 15.9 Å². The fraction of sp³-hybridized carbons (Fsp3) is 0.500. The number of hydrogen-bond acceptors (Lipinski definition) is 8. The molecule has 3 heterocycles. The van der Waals surface area contributed by atoms with E-state index in [0.29, 0.717) is 23.9 Å². The molecule has 2 aliphatic rings. The molecule has 2 aromatic rings. The molecule has 34 heavy (non-hydrogen) atoms. The minimum absolute atomic E-state index is 0.0151. The first-order chi connectivity index (χ1) is 16.3. The Morgan fingerprint density at radius 1 is 1.24 bits per heavy atom. The predicted octanol–water partition coefficient (Wildman–Crippen LogP) is 2.27. The summed E-state index contributed by atoms with van der Waals surface area (Å²) in [6.07, 6.45) is 5.23. The maximum absolute atomic E-state index is 12.6. The van der Waals surface area contributed by atoms with Gasteiger partial charge in [0.1, 0.15) is 12.4 Å². The summed E-state index contributed by atoms with van der Waals surface area (Å²) in [6.45, 7) is 5.76. The van der Waals surface area contributed by atoms with Crippen molar-refractivity contribution in [2.45, 2.75) is 45.4 Å². The summed E-state index contributed by atoms with van der Waals surface area (Å²) < 4.78 is 40.9. The van der Waals surface area contributed by atoms with E-state index in [0.717, 1.165) is 42.8 Å². The third kappa shape index (κ3) is 5.61. The Balaban J connectivity index is 1.39. The number of aromatic nitrogens is 1. The lowest BCUT2D eigenvalue weighted by Crippen LogP contribution is -2.49. The molecule has 0 aliphatic carbocycles. The van der Waals surface area contributed by atoms with Crippen molar-refractivity contribution in [3.05, 3.63) is 46.9 Å². The first-order valence-corrected chi connectivity index (χ1v) is 13.2. The van der Waals surface area contributed by atoms with Gasteiger partial charge in [-0.2, -0.15) is 0 Å². The molecule has 1 aromatic heterocycles. The molecule has 0 bridgehead atoms. The van der Waals surface area contributed by atoms with Gasteiger partial charge < -0.3 is 19.3 Å². The van der Waals surface area contributed by atoms with Crippen molar-refractivity contribution in [3.8, 4) is 11.5 Å². The number of benzene rings is 1. The van der Waals surface area contributed by atoms with Crippen LogP contribution in [-0.4, -0.2) is 68.2 Å². The number of carbonyl (C=O) groups excluding carboxylic acids is 1. The average molecular weight is 490 g/mol. The minimum atomic E-state index is -3.16. The molecule has 0 radical (unpaired) electrons. The fourth-order valence-electron chi connectivity index (χ4n) is 4.57. The quantitative estimate of drug-likeness (QED) is 0.562. The SMILES string of the molecule is COc1cc(/C=C/C(=O)NC2CS(=O)(=O)CC2N2CCCC2)ccc1OCc1c(C)noc1C. The number of nitrogens with zero attached hydrogens (tertiary/aromatic N) is 2. The second kappa shape index (κ2) is 10.2. The summed E-state index contributed by atoms with van der Waals surface area (Å²) in [5.74, 6) is 1.58. The van der Waals surface area contributed by atoms with Crippen molar-refractivity contribution >= 4 is 21.8 Å². The van der Waals surface area contributed by atoms with Gasteiger partial charge in [-0.1, -0.05) is 11.2 Å². The molecule has 1 N–H and O–H groups in total. The van der Waals surface area contributed by atoms with Crippen LogP contribution < -0.4 is 14.8 Å². The van der Waals surface area contributed by atoms with Crippen LogP contribution in [0, 0.1) is 13.8 Å². The number of likely N-dealkylation sites (tertiary alicyclic amines) is 1. The Hall–Kier alpha value is -2.85. The summed E-state index contributed by atoms with van der Waals surface area (Å²) in [4.78, 5) is 14.8. The second-order valence-electron chi connectivity index (χ2n) is 8.84. The van der Waals surface area contributed by atoms with Gasteiger partial charge in [0.05, 0.1) is 35.9 Å². The van der Waals surface area contributed by atoms with Crippen molar-refractivity contribution < 1.29 is 27.2 Å². The van der Waals surface area contributed by atoms with Crippen LogP contribution in [0.15, 0.2) is 28.8 Å². The summed E-state index contributed by atoms with van der Waals surface area (Å²) in [7, 11) is -1.60. The van der Waals surface area contributed by atoms with Crippen LogP contribution in [0.25, 0.3) is 6.08 Å². The number of sulfone groups is 1. The van der Waals surface area contributed by atoms with Crippen LogP contribution in [0.4, 0.5) is 0 Å². The van der Waals surface area contributed by atoms with Gasteiger partial charge in [0.2, 0.25) is 5.91 Å². The smallest absolute Gasteiger partial charge is 0.244 e. The van der Waals surface area contributed by atoms with Crippen LogP contribution in [-0.2, 0) is 21.2 Å². The van der Waals surface area contributed by atoms with Gasteiger partial charge >= 0.3 is 0 Å². The van der Waals surface area contributed by atoms with E-state index in [2.05, 4.69) is 15.4 Å². The predicted molar refractivity (Wildman–Crippen MR) is 128 cm³/mol. The molecule has 0 spiro atoms.